The van der Waals surface area contributed by atoms with Crippen LogP contribution in [0.1, 0.15) is 16.7 Å². The molecule has 3 aromatic carbocycles. The van der Waals surface area contributed by atoms with Crippen LogP contribution >= 0.6 is 0 Å². The molecule has 0 aliphatic carbocycles. The fourth-order valence-electron chi connectivity index (χ4n) is 3.98. The quantitative estimate of drug-likeness (QED) is 0.693. The van der Waals surface area contributed by atoms with Crippen molar-refractivity contribution in [1.29, 1.82) is 0 Å². The lowest BCUT2D eigenvalue weighted by Gasteiger charge is -2.36. The van der Waals surface area contributed by atoms with Gasteiger partial charge in [0.2, 0.25) is 11.8 Å². The van der Waals surface area contributed by atoms with Crippen molar-refractivity contribution in [3.05, 3.63) is 102 Å². The molecule has 1 aliphatic heterocycles. The topological polar surface area (TPSA) is 66.6 Å². The maximum absolute atomic E-state index is 13.4. The zero-order valence-corrected chi connectivity index (χ0v) is 16.8. The van der Waals surface area contributed by atoms with E-state index >= 15 is 0 Å². The van der Waals surface area contributed by atoms with E-state index in [4.69, 9.17) is 5.73 Å². The van der Waals surface area contributed by atoms with Gasteiger partial charge in [0.15, 0.2) is 0 Å². The molecule has 0 aromatic heterocycles. The van der Waals surface area contributed by atoms with Gasteiger partial charge >= 0.3 is 0 Å². The van der Waals surface area contributed by atoms with E-state index in [-0.39, 0.29) is 12.5 Å². The maximum atomic E-state index is 13.4. The highest BCUT2D eigenvalue weighted by Crippen LogP contribution is 2.24. The predicted octanol–water partition coefficient (Wildman–Crippen LogP) is 3.13. The molecule has 0 spiro atoms. The average molecular weight is 399 g/mol. The van der Waals surface area contributed by atoms with E-state index in [1.807, 2.05) is 89.8 Å². The zero-order valence-electron chi connectivity index (χ0n) is 16.8. The number of primary amides is 1. The summed E-state index contributed by atoms with van der Waals surface area (Å²) in [6.45, 7) is 1.13. The molecule has 2 N–H and O–H groups in total. The van der Waals surface area contributed by atoms with Crippen molar-refractivity contribution in [2.24, 2.45) is 5.73 Å². The first-order chi connectivity index (χ1) is 14.6. The Bertz CT molecular complexity index is 1020. The van der Waals surface area contributed by atoms with E-state index in [2.05, 4.69) is 0 Å². The molecule has 30 heavy (non-hydrogen) atoms. The molecule has 1 aliphatic rings. The Hall–Kier alpha value is -3.44. The average Bonchev–Trinajstić information content (AvgIpc) is 2.78. The van der Waals surface area contributed by atoms with Crippen LogP contribution in [0.4, 0.5) is 5.69 Å². The Morgan fingerprint density at radius 1 is 0.867 bits per heavy atom. The highest BCUT2D eigenvalue weighted by molar-refractivity contribution is 5.95. The van der Waals surface area contributed by atoms with Gasteiger partial charge in [-0.2, -0.15) is 0 Å². The number of nitrogens with zero attached hydrogens (tertiary/aromatic N) is 2. The molecule has 1 atom stereocenters. The summed E-state index contributed by atoms with van der Waals surface area (Å²) in [5.41, 5.74) is 9.83. The smallest absolute Gasteiger partial charge is 0.241 e. The second kappa shape index (κ2) is 8.93. The van der Waals surface area contributed by atoms with Gasteiger partial charge in [0.25, 0.3) is 0 Å². The molecule has 1 unspecified atom stereocenters. The Morgan fingerprint density at radius 3 is 2.13 bits per heavy atom. The minimum absolute atomic E-state index is 0.0596. The number of rotatable bonds is 6. The number of carbonyl (C=O) groups is 2. The minimum atomic E-state index is -0.488. The van der Waals surface area contributed by atoms with Gasteiger partial charge in [-0.3, -0.25) is 14.5 Å². The number of fused-ring (bicyclic) bond motifs is 1. The van der Waals surface area contributed by atoms with Crippen molar-refractivity contribution in [1.82, 2.24) is 4.90 Å². The Labute approximate surface area is 176 Å². The first kappa shape index (κ1) is 19.9. The second-order valence-electron chi connectivity index (χ2n) is 7.60. The van der Waals surface area contributed by atoms with Crippen molar-refractivity contribution >= 4 is 17.5 Å². The van der Waals surface area contributed by atoms with Crippen LogP contribution in [0.25, 0.3) is 0 Å². The number of hydrogen-bond donors (Lipinski definition) is 1. The molecule has 152 valence electrons. The highest BCUT2D eigenvalue weighted by Gasteiger charge is 2.32. The van der Waals surface area contributed by atoms with Gasteiger partial charge in [-0.1, -0.05) is 72.8 Å². The summed E-state index contributed by atoms with van der Waals surface area (Å²) in [5.74, 6) is -0.456. The van der Waals surface area contributed by atoms with E-state index in [1.54, 1.807) is 4.90 Å². The number of amides is 2. The van der Waals surface area contributed by atoms with Crippen LogP contribution in [0, 0.1) is 0 Å². The number of benzene rings is 3. The third-order valence-corrected chi connectivity index (χ3v) is 5.57. The highest BCUT2D eigenvalue weighted by atomic mass is 16.2. The summed E-state index contributed by atoms with van der Waals surface area (Å²) in [7, 11) is 0. The molecule has 0 bridgehead atoms. The third kappa shape index (κ3) is 4.42. The van der Waals surface area contributed by atoms with Gasteiger partial charge in [0, 0.05) is 12.2 Å². The van der Waals surface area contributed by atoms with Gasteiger partial charge in [-0.15, -0.1) is 0 Å². The minimum Gasteiger partial charge on any atom is -0.368 e. The zero-order chi connectivity index (χ0) is 20.9. The van der Waals surface area contributed by atoms with Crippen LogP contribution in [0.15, 0.2) is 84.9 Å². The molecule has 0 saturated heterocycles. The molecule has 0 radical (unpaired) electrons. The Morgan fingerprint density at radius 2 is 1.47 bits per heavy atom. The van der Waals surface area contributed by atoms with Gasteiger partial charge in [0.05, 0.1) is 19.1 Å². The summed E-state index contributed by atoms with van der Waals surface area (Å²) >= 11 is 0. The summed E-state index contributed by atoms with van der Waals surface area (Å²) in [6, 6.07) is 27.1. The van der Waals surface area contributed by atoms with Gasteiger partial charge < -0.3 is 10.6 Å². The first-order valence-electron chi connectivity index (χ1n) is 10.1. The van der Waals surface area contributed by atoms with Crippen LogP contribution in [-0.4, -0.2) is 29.3 Å². The lowest BCUT2D eigenvalue weighted by molar-refractivity contribution is -0.126. The molecule has 1 heterocycles. The maximum Gasteiger partial charge on any atom is 0.241 e. The number of anilines is 1. The first-order valence-corrected chi connectivity index (χ1v) is 10.1. The number of nitrogens with two attached hydrogens (primary N) is 1. The number of hydrogen-bond acceptors (Lipinski definition) is 3. The van der Waals surface area contributed by atoms with E-state index in [0.29, 0.717) is 19.5 Å². The van der Waals surface area contributed by atoms with Crippen molar-refractivity contribution in [2.45, 2.75) is 25.6 Å². The molecule has 2 amide bonds. The molecule has 0 saturated carbocycles. The normalized spacial score (nSPS) is 15.9. The van der Waals surface area contributed by atoms with Crippen LogP contribution < -0.4 is 10.6 Å². The summed E-state index contributed by atoms with van der Waals surface area (Å²) in [4.78, 5) is 29.2. The number of para-hydroxylation sites is 1. The van der Waals surface area contributed by atoms with Crippen molar-refractivity contribution in [3.63, 3.8) is 0 Å². The van der Waals surface area contributed by atoms with Crippen molar-refractivity contribution in [2.75, 3.05) is 11.4 Å². The fourth-order valence-corrected chi connectivity index (χ4v) is 3.98. The lowest BCUT2D eigenvalue weighted by atomic mass is 9.93. The lowest BCUT2D eigenvalue weighted by Crippen LogP contribution is -2.52. The van der Waals surface area contributed by atoms with E-state index in [0.717, 1.165) is 22.4 Å². The predicted molar refractivity (Wildman–Crippen MR) is 118 cm³/mol. The summed E-state index contributed by atoms with van der Waals surface area (Å²) in [6.07, 6.45) is 0.531. The molecule has 5 nitrogen and oxygen atoms in total. The summed E-state index contributed by atoms with van der Waals surface area (Å²) < 4.78 is 0. The van der Waals surface area contributed by atoms with Crippen molar-refractivity contribution in [3.8, 4) is 0 Å². The largest absolute Gasteiger partial charge is 0.368 e. The van der Waals surface area contributed by atoms with Gasteiger partial charge in [-0.25, -0.2) is 0 Å². The monoisotopic (exact) mass is 399 g/mol. The molecular weight excluding hydrogens is 374 g/mol. The summed E-state index contributed by atoms with van der Waals surface area (Å²) in [5, 5.41) is 0. The fraction of sp³-hybridized carbons (Fsp3) is 0.200. The molecule has 4 rings (SSSR count). The standard InChI is InChI=1S/C25H25N3O2/c26-25(30)23-15-20-11-7-8-12-21(20)17-27(23)18-24(29)28(22-13-5-2-6-14-22)16-19-9-3-1-4-10-19/h1-14,23H,15-18H2,(H2,26,30). The van der Waals surface area contributed by atoms with Gasteiger partial charge in [0.1, 0.15) is 0 Å². The second-order valence-corrected chi connectivity index (χ2v) is 7.60. The van der Waals surface area contributed by atoms with Crippen LogP contribution in [0.2, 0.25) is 0 Å². The van der Waals surface area contributed by atoms with Crippen LogP contribution in [-0.2, 0) is 29.1 Å². The Kier molecular flexibility index (Phi) is 5.91. The van der Waals surface area contributed by atoms with E-state index in [9.17, 15) is 9.59 Å². The molecule has 5 heteroatoms. The van der Waals surface area contributed by atoms with Gasteiger partial charge in [-0.05, 0) is 35.2 Å². The molecular formula is C25H25N3O2. The number of carbonyl (C=O) groups excluding carboxylic acids is 2. The van der Waals surface area contributed by atoms with Crippen LogP contribution in [0.5, 0.6) is 0 Å². The van der Waals surface area contributed by atoms with E-state index < -0.39 is 11.9 Å². The van der Waals surface area contributed by atoms with Crippen LogP contribution in [0.3, 0.4) is 0 Å². The molecule has 3 aromatic rings. The Balaban J connectivity index is 1.59. The SMILES string of the molecule is NC(=O)C1Cc2ccccc2CN1CC(=O)N(Cc1ccccc1)c1ccccc1. The van der Waals surface area contributed by atoms with E-state index in [1.165, 1.54) is 0 Å². The third-order valence-electron chi connectivity index (χ3n) is 5.57. The van der Waals surface area contributed by atoms with Crippen molar-refractivity contribution < 1.29 is 9.59 Å². The molecule has 0 fully saturated rings.